The Labute approximate surface area is 128 Å². The van der Waals surface area contributed by atoms with E-state index in [1.54, 1.807) is 18.7 Å². The number of ketones is 1. The smallest absolute Gasteiger partial charge is 0.441 e. The van der Waals surface area contributed by atoms with Crippen LogP contribution in [0.2, 0.25) is 0 Å². The molecular weight excluding hydrogens is 288 g/mol. The number of nitrogens with zero attached hydrogens (tertiary/aromatic N) is 2. The number of carbonyl (C=O) groups is 2. The highest BCUT2D eigenvalue weighted by Gasteiger charge is 2.29. The molecule has 0 aliphatic rings. The third kappa shape index (κ3) is 6.38. The van der Waals surface area contributed by atoms with Gasteiger partial charge in [0.05, 0.1) is 6.61 Å². The van der Waals surface area contributed by atoms with Crippen molar-refractivity contribution in [2.24, 2.45) is 0 Å². The van der Waals surface area contributed by atoms with E-state index in [2.05, 4.69) is 9.53 Å². The minimum absolute atomic E-state index is 0.138. The fourth-order valence-electron chi connectivity index (χ4n) is 1.62. The Morgan fingerprint density at radius 1 is 1.24 bits per heavy atom. The van der Waals surface area contributed by atoms with E-state index < -0.39 is 17.5 Å². The van der Waals surface area contributed by atoms with Crippen LogP contribution < -0.4 is 0 Å². The molecule has 21 heavy (non-hydrogen) atoms. The maximum Gasteiger partial charge on any atom is 0.441 e. The molecule has 0 spiro atoms. The van der Waals surface area contributed by atoms with E-state index in [0.29, 0.717) is 6.42 Å². The van der Waals surface area contributed by atoms with Crippen LogP contribution in [-0.2, 0) is 14.3 Å². The second kappa shape index (κ2) is 9.91. The van der Waals surface area contributed by atoms with Crippen LogP contribution in [0.25, 0.3) is 5.53 Å². The first-order valence-corrected chi connectivity index (χ1v) is 7.77. The van der Waals surface area contributed by atoms with Gasteiger partial charge >= 0.3 is 11.7 Å². The van der Waals surface area contributed by atoms with Crippen LogP contribution in [0.3, 0.4) is 0 Å². The van der Waals surface area contributed by atoms with Gasteiger partial charge in [-0.1, -0.05) is 18.2 Å². The summed E-state index contributed by atoms with van der Waals surface area (Å²) in [4.78, 5) is 27.0. The fourth-order valence-corrected chi connectivity index (χ4v) is 2.56. The lowest BCUT2D eigenvalue weighted by atomic mass is 10.1. The van der Waals surface area contributed by atoms with Crippen molar-refractivity contribution in [2.75, 3.05) is 12.4 Å². The molecule has 0 radical (unpaired) electrons. The van der Waals surface area contributed by atoms with Crippen molar-refractivity contribution in [3.63, 3.8) is 0 Å². The summed E-state index contributed by atoms with van der Waals surface area (Å²) in [6.45, 7) is 1.76. The first-order chi connectivity index (χ1) is 10.2. The van der Waals surface area contributed by atoms with Crippen LogP contribution in [0.1, 0.15) is 26.2 Å². The molecule has 1 aromatic carbocycles. The molecule has 0 amide bonds. The molecule has 6 heteroatoms. The van der Waals surface area contributed by atoms with E-state index in [-0.39, 0.29) is 13.0 Å². The van der Waals surface area contributed by atoms with Gasteiger partial charge in [-0.3, -0.25) is 4.79 Å². The maximum absolute atomic E-state index is 11.7. The largest absolute Gasteiger partial charge is 0.457 e. The van der Waals surface area contributed by atoms with Crippen molar-refractivity contribution >= 4 is 29.2 Å². The molecule has 0 N–H and O–H groups in total. The number of benzene rings is 1. The van der Waals surface area contributed by atoms with Crippen molar-refractivity contribution in [3.8, 4) is 0 Å². The minimum atomic E-state index is -0.872. The molecule has 0 saturated heterocycles. The van der Waals surface area contributed by atoms with Crippen molar-refractivity contribution in [1.29, 1.82) is 0 Å². The van der Waals surface area contributed by atoms with E-state index in [1.165, 1.54) is 4.90 Å². The number of rotatable bonds is 9. The predicted molar refractivity (Wildman–Crippen MR) is 81.3 cm³/mol. The first kappa shape index (κ1) is 17.1. The van der Waals surface area contributed by atoms with Gasteiger partial charge < -0.3 is 10.3 Å². The number of carbonyl (C=O) groups excluding carboxylic acids is 2. The average Bonchev–Trinajstić information content (AvgIpc) is 2.49. The summed E-state index contributed by atoms with van der Waals surface area (Å²) < 4.78 is 4.65. The van der Waals surface area contributed by atoms with Crippen LogP contribution in [-0.4, -0.2) is 34.6 Å². The Kier molecular flexibility index (Phi) is 8.09. The molecule has 0 atom stereocenters. The second-order valence-electron chi connectivity index (χ2n) is 4.21. The molecule has 0 saturated carbocycles. The Balaban J connectivity index is 2.27. The predicted octanol–water partition coefficient (Wildman–Crippen LogP) is 2.75. The number of hydrogen-bond donors (Lipinski definition) is 0. The van der Waals surface area contributed by atoms with Gasteiger partial charge in [-0.15, -0.1) is 11.8 Å². The molecule has 0 aromatic heterocycles. The molecule has 0 unspecified atom stereocenters. The fraction of sp³-hybridized carbons (Fsp3) is 0.400. The summed E-state index contributed by atoms with van der Waals surface area (Å²) in [5.74, 6) is -0.466. The summed E-state index contributed by atoms with van der Waals surface area (Å²) >= 11 is 1.72. The molecule has 1 rings (SSSR count). The van der Waals surface area contributed by atoms with Crippen LogP contribution in [0, 0.1) is 0 Å². The van der Waals surface area contributed by atoms with Gasteiger partial charge in [-0.05, 0) is 37.7 Å². The summed E-state index contributed by atoms with van der Waals surface area (Å²) in [5.41, 5.74) is 8.19. The van der Waals surface area contributed by atoms with Crippen molar-refractivity contribution in [1.82, 2.24) is 0 Å². The molecule has 5 nitrogen and oxygen atoms in total. The van der Waals surface area contributed by atoms with Crippen LogP contribution in [0.5, 0.6) is 0 Å². The van der Waals surface area contributed by atoms with E-state index in [1.807, 2.05) is 30.3 Å². The lowest BCUT2D eigenvalue weighted by Crippen LogP contribution is -2.27. The van der Waals surface area contributed by atoms with Crippen molar-refractivity contribution < 1.29 is 19.1 Å². The van der Waals surface area contributed by atoms with Gasteiger partial charge in [-0.25, -0.2) is 4.79 Å². The van der Waals surface area contributed by atoms with E-state index in [0.717, 1.165) is 12.2 Å². The highest BCUT2D eigenvalue weighted by Crippen LogP contribution is 2.18. The molecule has 0 bridgehead atoms. The SMILES string of the molecule is CCOC(=O)C(=[N+]=[N-])C(=O)CCCCSc1ccccc1. The van der Waals surface area contributed by atoms with Crippen LogP contribution in [0.4, 0.5) is 0 Å². The van der Waals surface area contributed by atoms with Gasteiger partial charge in [0.1, 0.15) is 0 Å². The molecular formula is C15H18N2O3S. The molecule has 0 aliphatic carbocycles. The second-order valence-corrected chi connectivity index (χ2v) is 5.38. The number of esters is 1. The maximum atomic E-state index is 11.7. The Morgan fingerprint density at radius 2 is 1.95 bits per heavy atom. The summed E-state index contributed by atoms with van der Waals surface area (Å²) in [6.07, 6.45) is 1.65. The molecule has 0 aliphatic heterocycles. The lowest BCUT2D eigenvalue weighted by Gasteiger charge is -2.01. The standard InChI is InChI=1S/C15H18N2O3S/c1-2-20-15(19)14(17-16)13(18)10-6-7-11-21-12-8-4-3-5-9-12/h3-5,8-9H,2,6-7,10-11H2,1H3. The van der Waals surface area contributed by atoms with Crippen LogP contribution in [0.15, 0.2) is 35.2 Å². The number of Topliss-reactive ketones (excluding diaryl/α,β-unsaturated/α-hetero) is 1. The summed E-state index contributed by atoms with van der Waals surface area (Å²) in [6, 6.07) is 10.00. The summed E-state index contributed by atoms with van der Waals surface area (Å²) in [5, 5.41) is 0. The zero-order valence-electron chi connectivity index (χ0n) is 11.9. The van der Waals surface area contributed by atoms with Gasteiger partial charge in [0.25, 0.3) is 5.78 Å². The van der Waals surface area contributed by atoms with E-state index >= 15 is 0 Å². The molecule has 112 valence electrons. The monoisotopic (exact) mass is 306 g/mol. The van der Waals surface area contributed by atoms with Gasteiger partial charge in [0, 0.05) is 11.3 Å². The molecule has 1 aromatic rings. The number of unbranched alkanes of at least 4 members (excludes halogenated alkanes) is 1. The zero-order chi connectivity index (χ0) is 15.5. The quantitative estimate of drug-likeness (QED) is 0.134. The number of ether oxygens (including phenoxy) is 1. The van der Waals surface area contributed by atoms with Crippen molar-refractivity contribution in [3.05, 3.63) is 35.9 Å². The Bertz CT molecular complexity index is 525. The lowest BCUT2D eigenvalue weighted by molar-refractivity contribution is -0.141. The normalized spacial score (nSPS) is 9.76. The Morgan fingerprint density at radius 3 is 2.57 bits per heavy atom. The highest BCUT2D eigenvalue weighted by atomic mass is 32.2. The minimum Gasteiger partial charge on any atom is -0.457 e. The molecule has 0 fully saturated rings. The number of hydrogen-bond acceptors (Lipinski definition) is 4. The molecule has 0 heterocycles. The first-order valence-electron chi connectivity index (χ1n) is 6.79. The van der Waals surface area contributed by atoms with E-state index in [9.17, 15) is 9.59 Å². The third-order valence-corrected chi connectivity index (χ3v) is 3.74. The number of thioether (sulfide) groups is 1. The zero-order valence-corrected chi connectivity index (χ0v) is 12.8. The summed E-state index contributed by atoms with van der Waals surface area (Å²) in [7, 11) is 0. The Hall–Kier alpha value is -1.91. The van der Waals surface area contributed by atoms with E-state index in [4.69, 9.17) is 5.53 Å². The average molecular weight is 306 g/mol. The van der Waals surface area contributed by atoms with Gasteiger partial charge in [-0.2, -0.15) is 4.79 Å². The van der Waals surface area contributed by atoms with Crippen molar-refractivity contribution in [2.45, 2.75) is 31.1 Å². The topological polar surface area (TPSA) is 79.8 Å². The third-order valence-electron chi connectivity index (χ3n) is 2.64. The van der Waals surface area contributed by atoms with Crippen LogP contribution >= 0.6 is 11.8 Å². The van der Waals surface area contributed by atoms with Gasteiger partial charge in [0.2, 0.25) is 0 Å². The highest BCUT2D eigenvalue weighted by molar-refractivity contribution is 7.99. The van der Waals surface area contributed by atoms with Gasteiger partial charge in [0.15, 0.2) is 0 Å².